The van der Waals surface area contributed by atoms with Crippen LogP contribution in [0.3, 0.4) is 0 Å². The van der Waals surface area contributed by atoms with Crippen molar-refractivity contribution in [1.82, 2.24) is 5.32 Å². The zero-order valence-corrected chi connectivity index (χ0v) is 12.1. The smallest absolute Gasteiger partial charge is 0.282 e. The van der Waals surface area contributed by atoms with Gasteiger partial charge in [-0.05, 0) is 66.6 Å². The summed E-state index contributed by atoms with van der Waals surface area (Å²) in [4.78, 5) is 10.3. The minimum Gasteiger partial charge on any atom is -0.385 e. The van der Waals surface area contributed by atoms with Gasteiger partial charge in [-0.1, -0.05) is 0 Å². The maximum absolute atomic E-state index is 10.7. The molecule has 0 spiro atoms. The fourth-order valence-electron chi connectivity index (χ4n) is 2.15. The van der Waals surface area contributed by atoms with Gasteiger partial charge >= 0.3 is 0 Å². The average Bonchev–Trinajstić information content (AvgIpc) is 2.81. The molecule has 2 N–H and O–H groups in total. The van der Waals surface area contributed by atoms with Gasteiger partial charge in [0.15, 0.2) is 0 Å². The van der Waals surface area contributed by atoms with Gasteiger partial charge in [0.2, 0.25) is 0 Å². The molecule has 2 rings (SSSR count). The average molecular weight is 361 g/mol. The predicted octanol–water partition coefficient (Wildman–Crippen LogP) is 2.61. The maximum atomic E-state index is 10.7. The second-order valence-corrected chi connectivity index (χ2v) is 5.66. The summed E-state index contributed by atoms with van der Waals surface area (Å²) < 4.78 is 0.671. The summed E-state index contributed by atoms with van der Waals surface area (Å²) in [5, 5.41) is 17.4. The Morgan fingerprint density at radius 2 is 2.39 bits per heavy atom. The molecule has 0 aromatic heterocycles. The van der Waals surface area contributed by atoms with Gasteiger partial charge in [0.1, 0.15) is 0 Å². The summed E-state index contributed by atoms with van der Waals surface area (Å²) >= 11 is 2.00. The van der Waals surface area contributed by atoms with Gasteiger partial charge < -0.3 is 10.6 Å². The van der Waals surface area contributed by atoms with Crippen LogP contribution in [0.25, 0.3) is 0 Å². The molecule has 1 aliphatic rings. The molecule has 1 heterocycles. The first-order valence-electron chi connectivity index (χ1n) is 6.05. The highest BCUT2D eigenvalue weighted by atomic mass is 127. The Labute approximate surface area is 120 Å². The molecule has 0 bridgehead atoms. The monoisotopic (exact) mass is 361 g/mol. The summed E-state index contributed by atoms with van der Waals surface area (Å²) in [6, 6.07) is 5.15. The van der Waals surface area contributed by atoms with Crippen molar-refractivity contribution < 1.29 is 4.92 Å². The van der Waals surface area contributed by atoms with Crippen molar-refractivity contribution in [3.05, 3.63) is 31.9 Å². The molecule has 1 unspecified atom stereocenters. The summed E-state index contributed by atoms with van der Waals surface area (Å²) in [6.45, 7) is 3.15. The summed E-state index contributed by atoms with van der Waals surface area (Å²) in [5.74, 6) is 0.759. The van der Waals surface area contributed by atoms with Crippen LogP contribution in [0, 0.1) is 19.6 Å². The molecular weight excluding hydrogens is 345 g/mol. The third-order valence-corrected chi connectivity index (χ3v) is 4.05. The van der Waals surface area contributed by atoms with Crippen LogP contribution in [-0.2, 0) is 0 Å². The van der Waals surface area contributed by atoms with Crippen LogP contribution in [0.1, 0.15) is 12.8 Å². The molecule has 1 aromatic rings. The number of rotatable bonds is 5. The van der Waals surface area contributed by atoms with Crippen molar-refractivity contribution in [3.8, 4) is 0 Å². The lowest BCUT2D eigenvalue weighted by atomic mass is 10.1. The maximum Gasteiger partial charge on any atom is 0.282 e. The number of nitrogens with zero attached hydrogens (tertiary/aromatic N) is 1. The Balaban J connectivity index is 1.85. The Hall–Kier alpha value is -0.890. The van der Waals surface area contributed by atoms with Crippen molar-refractivity contribution in [2.45, 2.75) is 12.8 Å². The molecule has 6 heteroatoms. The summed E-state index contributed by atoms with van der Waals surface area (Å²) in [5.41, 5.74) is 1.12. The zero-order valence-electron chi connectivity index (χ0n) is 9.99. The quantitative estimate of drug-likeness (QED) is 0.481. The van der Waals surface area contributed by atoms with Crippen LogP contribution in [0.2, 0.25) is 0 Å². The number of hydrogen-bond acceptors (Lipinski definition) is 4. The fourth-order valence-corrected chi connectivity index (χ4v) is 2.86. The first-order valence-corrected chi connectivity index (χ1v) is 7.13. The molecule has 0 radical (unpaired) electrons. The van der Waals surface area contributed by atoms with E-state index in [2.05, 4.69) is 10.6 Å². The van der Waals surface area contributed by atoms with E-state index in [0.29, 0.717) is 3.57 Å². The molecule has 1 saturated heterocycles. The van der Waals surface area contributed by atoms with Crippen molar-refractivity contribution >= 4 is 34.0 Å². The van der Waals surface area contributed by atoms with E-state index >= 15 is 0 Å². The van der Waals surface area contributed by atoms with Crippen LogP contribution in [0.5, 0.6) is 0 Å². The van der Waals surface area contributed by atoms with Gasteiger partial charge in [0.05, 0.1) is 8.49 Å². The highest BCUT2D eigenvalue weighted by Crippen LogP contribution is 2.24. The molecule has 5 nitrogen and oxygen atoms in total. The molecule has 1 atom stereocenters. The van der Waals surface area contributed by atoms with Crippen LogP contribution in [-0.4, -0.2) is 24.6 Å². The van der Waals surface area contributed by atoms with E-state index in [4.69, 9.17) is 0 Å². The molecule has 0 amide bonds. The third kappa shape index (κ3) is 3.55. The van der Waals surface area contributed by atoms with Crippen LogP contribution < -0.4 is 10.6 Å². The standard InChI is InChI=1S/C12H16IN3O2/c13-11-7-10(1-2-12(11)16(17)18)15-6-4-9-3-5-14-8-9/h1-2,7,9,14-15H,3-6,8H2. The second-order valence-electron chi connectivity index (χ2n) is 4.50. The minimum absolute atomic E-state index is 0.168. The van der Waals surface area contributed by atoms with E-state index < -0.39 is 0 Å². The van der Waals surface area contributed by atoms with Gasteiger partial charge in [-0.2, -0.15) is 0 Å². The fraction of sp³-hybridized carbons (Fsp3) is 0.500. The van der Waals surface area contributed by atoms with E-state index in [1.165, 1.54) is 6.42 Å². The molecule has 1 aromatic carbocycles. The zero-order chi connectivity index (χ0) is 13.0. The van der Waals surface area contributed by atoms with Crippen LogP contribution in [0.15, 0.2) is 18.2 Å². The third-order valence-electron chi connectivity index (χ3n) is 3.19. The number of hydrogen-bond donors (Lipinski definition) is 2. The van der Waals surface area contributed by atoms with Gasteiger partial charge in [0, 0.05) is 18.3 Å². The molecule has 1 aliphatic heterocycles. The van der Waals surface area contributed by atoms with Crippen LogP contribution >= 0.6 is 22.6 Å². The van der Waals surface area contributed by atoms with Gasteiger partial charge in [-0.3, -0.25) is 10.1 Å². The Kier molecular flexibility index (Phi) is 4.76. The molecule has 0 aliphatic carbocycles. The molecule has 0 saturated carbocycles. The SMILES string of the molecule is O=[N+]([O-])c1ccc(NCCC2CCNC2)cc1I. The number of benzene rings is 1. The normalized spacial score (nSPS) is 18.8. The van der Waals surface area contributed by atoms with E-state index in [9.17, 15) is 10.1 Å². The number of anilines is 1. The highest BCUT2D eigenvalue weighted by molar-refractivity contribution is 14.1. The van der Waals surface area contributed by atoms with Gasteiger partial charge in [0.25, 0.3) is 5.69 Å². The van der Waals surface area contributed by atoms with E-state index in [1.54, 1.807) is 12.1 Å². The second kappa shape index (κ2) is 6.33. The lowest BCUT2D eigenvalue weighted by molar-refractivity contribution is -0.385. The first kappa shape index (κ1) is 13.5. The Morgan fingerprint density at radius 1 is 1.56 bits per heavy atom. The number of halogens is 1. The Bertz CT molecular complexity index is 433. The van der Waals surface area contributed by atoms with Gasteiger partial charge in [-0.15, -0.1) is 0 Å². The largest absolute Gasteiger partial charge is 0.385 e. The topological polar surface area (TPSA) is 67.2 Å². The molecule has 98 valence electrons. The van der Waals surface area contributed by atoms with E-state index in [-0.39, 0.29) is 10.6 Å². The Morgan fingerprint density at radius 3 is 3.00 bits per heavy atom. The van der Waals surface area contributed by atoms with E-state index in [1.807, 2.05) is 28.7 Å². The van der Waals surface area contributed by atoms with Gasteiger partial charge in [-0.25, -0.2) is 0 Å². The number of nitro benzene ring substituents is 1. The predicted molar refractivity (Wildman–Crippen MR) is 79.9 cm³/mol. The molecule has 18 heavy (non-hydrogen) atoms. The van der Waals surface area contributed by atoms with E-state index in [0.717, 1.165) is 37.7 Å². The minimum atomic E-state index is -0.351. The van der Waals surface area contributed by atoms with Crippen molar-refractivity contribution in [2.24, 2.45) is 5.92 Å². The number of nitrogens with one attached hydrogen (secondary N) is 2. The van der Waals surface area contributed by atoms with Crippen molar-refractivity contribution in [1.29, 1.82) is 0 Å². The lowest BCUT2D eigenvalue weighted by Gasteiger charge is -2.10. The first-order chi connectivity index (χ1) is 8.66. The summed E-state index contributed by atoms with van der Waals surface area (Å²) in [7, 11) is 0. The van der Waals surface area contributed by atoms with Crippen molar-refractivity contribution in [2.75, 3.05) is 25.0 Å². The molecule has 1 fully saturated rings. The number of nitro groups is 1. The highest BCUT2D eigenvalue weighted by Gasteiger charge is 2.14. The lowest BCUT2D eigenvalue weighted by Crippen LogP contribution is -2.12. The summed E-state index contributed by atoms with van der Waals surface area (Å²) in [6.07, 6.45) is 2.39. The van der Waals surface area contributed by atoms with Crippen LogP contribution in [0.4, 0.5) is 11.4 Å². The van der Waals surface area contributed by atoms with Crippen molar-refractivity contribution in [3.63, 3.8) is 0 Å². The molecular formula is C12H16IN3O2.